The van der Waals surface area contributed by atoms with E-state index < -0.39 is 70.6 Å². The van der Waals surface area contributed by atoms with E-state index in [-0.39, 0.29) is 30.0 Å². The second kappa shape index (κ2) is 15.6. The van der Waals surface area contributed by atoms with Crippen LogP contribution in [0.4, 0.5) is 19.7 Å². The van der Waals surface area contributed by atoms with Crippen molar-refractivity contribution in [2.75, 3.05) is 11.4 Å². The molecule has 3 heterocycles. The maximum atomic E-state index is 15.4. The summed E-state index contributed by atoms with van der Waals surface area (Å²) in [5.41, 5.74) is 0.368. The van der Waals surface area contributed by atoms with Crippen LogP contribution in [0.5, 0.6) is 5.75 Å². The van der Waals surface area contributed by atoms with Crippen LogP contribution in [0.2, 0.25) is 0 Å². The Balaban J connectivity index is 1.27. The molecule has 0 spiro atoms. The SMILES string of the molecule is CC(C)(C)OC(=O)N[C@@H]1C(=O)N2[C@@H](C(=O)OC(c3ccccc3)c3ccccc3)C(C=C3CCN(c4ccc(OC(=O)OC(C)(C)C)cc4F)C3=O)=CS[C@H]12. The minimum absolute atomic E-state index is 0.0319. The lowest BCUT2D eigenvalue weighted by Gasteiger charge is -2.51. The van der Waals surface area contributed by atoms with E-state index >= 15 is 4.39 Å². The highest BCUT2D eigenvalue weighted by Gasteiger charge is 2.56. The summed E-state index contributed by atoms with van der Waals surface area (Å²) in [6, 6.07) is 19.8. The van der Waals surface area contributed by atoms with E-state index in [9.17, 15) is 24.0 Å². The number of esters is 1. The fraction of sp³-hybridized carbons (Fsp3) is 0.341. The predicted molar refractivity (Wildman–Crippen MR) is 202 cm³/mol. The average Bonchev–Trinajstić information content (AvgIpc) is 3.47. The van der Waals surface area contributed by atoms with Crippen molar-refractivity contribution in [1.82, 2.24) is 10.2 Å². The smallest absolute Gasteiger partial charge is 0.451 e. The number of amides is 3. The van der Waals surface area contributed by atoms with Crippen LogP contribution in [-0.4, -0.2) is 70.1 Å². The molecule has 2 fully saturated rings. The summed E-state index contributed by atoms with van der Waals surface area (Å²) in [4.78, 5) is 69.3. The summed E-state index contributed by atoms with van der Waals surface area (Å²) < 4.78 is 37.2. The molecule has 0 saturated carbocycles. The van der Waals surface area contributed by atoms with Crippen molar-refractivity contribution in [2.45, 2.75) is 82.7 Å². The summed E-state index contributed by atoms with van der Waals surface area (Å²) in [5.74, 6) is -2.67. The molecule has 0 aliphatic carbocycles. The Labute approximate surface area is 322 Å². The lowest BCUT2D eigenvalue weighted by molar-refractivity contribution is -0.164. The molecule has 12 nitrogen and oxygen atoms in total. The summed E-state index contributed by atoms with van der Waals surface area (Å²) in [7, 11) is 0. The Morgan fingerprint density at radius 2 is 1.51 bits per heavy atom. The summed E-state index contributed by atoms with van der Waals surface area (Å²) in [5, 5.41) is 3.63. The number of nitrogens with one attached hydrogen (secondary N) is 1. The number of anilines is 1. The minimum Gasteiger partial charge on any atom is -0.451 e. The molecule has 1 N–H and O–H groups in total. The van der Waals surface area contributed by atoms with E-state index in [1.54, 1.807) is 47.0 Å². The molecular formula is C41H42FN3O9S. The van der Waals surface area contributed by atoms with Gasteiger partial charge in [-0.1, -0.05) is 60.7 Å². The van der Waals surface area contributed by atoms with E-state index in [1.807, 2.05) is 60.7 Å². The first kappa shape index (κ1) is 39.1. The number of ether oxygens (including phenoxy) is 4. The van der Waals surface area contributed by atoms with E-state index in [4.69, 9.17) is 18.9 Å². The molecule has 14 heteroatoms. The fourth-order valence-electron chi connectivity index (χ4n) is 6.29. The molecule has 0 bridgehead atoms. The number of nitrogens with zero attached hydrogens (tertiary/aromatic N) is 2. The molecule has 6 rings (SSSR count). The number of benzene rings is 3. The zero-order valence-corrected chi connectivity index (χ0v) is 32.1. The largest absolute Gasteiger partial charge is 0.514 e. The summed E-state index contributed by atoms with van der Waals surface area (Å²) >= 11 is 1.20. The van der Waals surface area contributed by atoms with Gasteiger partial charge in [0.05, 0.1) is 5.69 Å². The number of alkyl carbamates (subject to hydrolysis) is 1. The van der Waals surface area contributed by atoms with Crippen LogP contribution in [0.25, 0.3) is 0 Å². The van der Waals surface area contributed by atoms with Crippen LogP contribution in [0, 0.1) is 5.82 Å². The minimum atomic E-state index is -1.28. The van der Waals surface area contributed by atoms with Gasteiger partial charge in [-0.2, -0.15) is 0 Å². The number of rotatable bonds is 8. The van der Waals surface area contributed by atoms with Gasteiger partial charge < -0.3 is 34.1 Å². The molecule has 3 aromatic rings. The van der Waals surface area contributed by atoms with Gasteiger partial charge in [-0.15, -0.1) is 11.8 Å². The van der Waals surface area contributed by atoms with Crippen molar-refractivity contribution in [3.8, 4) is 5.75 Å². The first-order chi connectivity index (χ1) is 26.0. The zero-order valence-electron chi connectivity index (χ0n) is 31.2. The first-order valence-corrected chi connectivity index (χ1v) is 18.6. The zero-order chi connectivity index (χ0) is 39.7. The Morgan fingerprint density at radius 1 is 0.891 bits per heavy atom. The quantitative estimate of drug-likeness (QED) is 0.0823. The van der Waals surface area contributed by atoms with Gasteiger partial charge in [0.2, 0.25) is 5.91 Å². The first-order valence-electron chi connectivity index (χ1n) is 17.7. The Bertz CT molecular complexity index is 2000. The van der Waals surface area contributed by atoms with Gasteiger partial charge in [-0.25, -0.2) is 18.8 Å². The number of carbonyl (C=O) groups is 5. The number of β-lactam (4-membered cyclic amide) rings is 1. The van der Waals surface area contributed by atoms with Crippen LogP contribution < -0.4 is 15.0 Å². The molecule has 0 aromatic heterocycles. The van der Waals surface area contributed by atoms with E-state index in [0.717, 1.165) is 6.07 Å². The molecule has 3 amide bonds. The average molecular weight is 772 g/mol. The number of hydrogen-bond donors (Lipinski definition) is 1. The van der Waals surface area contributed by atoms with Gasteiger partial charge in [0.25, 0.3) is 5.91 Å². The Kier molecular flexibility index (Phi) is 11.1. The molecule has 3 aromatic carbocycles. The molecular weight excluding hydrogens is 730 g/mol. The third kappa shape index (κ3) is 9.02. The highest BCUT2D eigenvalue weighted by molar-refractivity contribution is 8.03. The lowest BCUT2D eigenvalue weighted by atomic mass is 9.95. The topological polar surface area (TPSA) is 141 Å². The third-order valence-electron chi connectivity index (χ3n) is 8.62. The Morgan fingerprint density at radius 3 is 2.09 bits per heavy atom. The highest BCUT2D eigenvalue weighted by atomic mass is 32.2. The maximum Gasteiger partial charge on any atom is 0.514 e. The van der Waals surface area contributed by atoms with Crippen LogP contribution in [-0.2, 0) is 28.6 Å². The van der Waals surface area contributed by atoms with Crippen molar-refractivity contribution in [2.24, 2.45) is 0 Å². The van der Waals surface area contributed by atoms with Crippen LogP contribution in [0.15, 0.2) is 101 Å². The molecule has 3 atom stereocenters. The molecule has 2 saturated heterocycles. The summed E-state index contributed by atoms with van der Waals surface area (Å²) in [6.45, 7) is 10.2. The van der Waals surface area contributed by atoms with Gasteiger partial charge in [0.1, 0.15) is 28.4 Å². The van der Waals surface area contributed by atoms with E-state index in [1.165, 1.54) is 39.8 Å². The van der Waals surface area contributed by atoms with Crippen molar-refractivity contribution >= 4 is 47.5 Å². The van der Waals surface area contributed by atoms with E-state index in [2.05, 4.69) is 5.32 Å². The highest BCUT2D eigenvalue weighted by Crippen LogP contribution is 2.43. The normalized spacial score (nSPS) is 20.4. The standard InChI is InChI=1S/C41H42FN3O9S/c1-40(2,3)53-38(49)43-31-35(47)45-32(37(48)52-33(24-13-9-7-10-14-24)25-15-11-8-12-16-25)27(23-55-36(31)45)21-26-19-20-44(34(26)46)30-18-17-28(22-29(30)42)51-39(50)54-41(4,5)6/h7-18,21-23,31-33,36H,19-20H2,1-6H3,(H,43,49)/t31-,32-,36-/m1/s1. The number of carbonyl (C=O) groups excluding carboxylic acids is 5. The lowest BCUT2D eigenvalue weighted by Crippen LogP contribution is -2.74. The van der Waals surface area contributed by atoms with Gasteiger partial charge in [-0.05, 0) is 88.3 Å². The van der Waals surface area contributed by atoms with Gasteiger partial charge >= 0.3 is 18.2 Å². The fourth-order valence-corrected chi connectivity index (χ4v) is 7.48. The predicted octanol–water partition coefficient (Wildman–Crippen LogP) is 7.20. The van der Waals surface area contributed by atoms with Crippen molar-refractivity contribution in [3.05, 3.63) is 118 Å². The van der Waals surface area contributed by atoms with Crippen molar-refractivity contribution in [3.63, 3.8) is 0 Å². The van der Waals surface area contributed by atoms with Gasteiger partial charge in [0.15, 0.2) is 18.0 Å². The van der Waals surface area contributed by atoms with E-state index in [0.29, 0.717) is 16.7 Å². The van der Waals surface area contributed by atoms with Crippen LogP contribution in [0.1, 0.15) is 65.2 Å². The third-order valence-corrected chi connectivity index (χ3v) is 9.80. The maximum absolute atomic E-state index is 15.4. The van der Waals surface area contributed by atoms with Crippen LogP contribution >= 0.6 is 11.8 Å². The number of halogens is 1. The number of thioether (sulfide) groups is 1. The molecule has 288 valence electrons. The second-order valence-electron chi connectivity index (χ2n) is 15.1. The number of hydrogen-bond acceptors (Lipinski definition) is 10. The van der Waals surface area contributed by atoms with Crippen molar-refractivity contribution < 1.29 is 47.3 Å². The molecule has 3 aliphatic rings. The second-order valence-corrected chi connectivity index (χ2v) is 16.1. The van der Waals surface area contributed by atoms with Gasteiger partial charge in [-0.3, -0.25) is 9.59 Å². The van der Waals surface area contributed by atoms with Crippen molar-refractivity contribution in [1.29, 1.82) is 0 Å². The monoisotopic (exact) mass is 771 g/mol. The number of fused-ring (bicyclic) bond motifs is 1. The molecule has 0 unspecified atom stereocenters. The summed E-state index contributed by atoms with van der Waals surface area (Å²) in [6.07, 6.45) is -0.851. The molecule has 55 heavy (non-hydrogen) atoms. The van der Waals surface area contributed by atoms with Gasteiger partial charge in [0, 0.05) is 18.2 Å². The molecule has 0 radical (unpaired) electrons. The Hall–Kier alpha value is -5.63. The van der Waals surface area contributed by atoms with Crippen LogP contribution in [0.3, 0.4) is 0 Å². The molecule has 3 aliphatic heterocycles.